The molecule has 2 aromatic heterocycles. The minimum absolute atomic E-state index is 0. The van der Waals surface area contributed by atoms with Gasteiger partial charge in [-0.2, -0.15) is 10.2 Å². The van der Waals surface area contributed by atoms with Gasteiger partial charge in [0.25, 0.3) is 0 Å². The highest BCUT2D eigenvalue weighted by Gasteiger charge is 2.04. The fraction of sp³-hybridized carbons (Fsp3) is 0.538. The van der Waals surface area contributed by atoms with Gasteiger partial charge in [-0.05, 0) is 20.3 Å². The molecule has 0 atom stereocenters. The highest BCUT2D eigenvalue weighted by Crippen LogP contribution is 2.14. The van der Waals surface area contributed by atoms with Crippen LogP contribution in [0, 0.1) is 6.92 Å². The standard InChI is InChI=1S/C13H21N5.ClH/c1-4-6-18-10-13(11(3)16-18)14-7-12-8-15-17(5-2)9-12;/h8-10,14H,4-7H2,1-3H3;1H. The van der Waals surface area contributed by atoms with Crippen LogP contribution in [0.1, 0.15) is 31.5 Å². The maximum absolute atomic E-state index is 4.47. The molecule has 0 fully saturated rings. The van der Waals surface area contributed by atoms with Crippen molar-refractivity contribution in [2.45, 2.75) is 46.8 Å². The van der Waals surface area contributed by atoms with Gasteiger partial charge in [-0.1, -0.05) is 6.92 Å². The lowest BCUT2D eigenvalue weighted by atomic mass is 10.3. The average molecular weight is 284 g/mol. The van der Waals surface area contributed by atoms with E-state index in [0.29, 0.717) is 0 Å². The summed E-state index contributed by atoms with van der Waals surface area (Å²) >= 11 is 0. The summed E-state index contributed by atoms with van der Waals surface area (Å²) < 4.78 is 3.93. The van der Waals surface area contributed by atoms with E-state index in [4.69, 9.17) is 0 Å². The van der Waals surface area contributed by atoms with Crippen molar-refractivity contribution < 1.29 is 0 Å². The van der Waals surface area contributed by atoms with Crippen molar-refractivity contribution in [3.05, 3.63) is 29.8 Å². The third-order valence-corrected chi connectivity index (χ3v) is 2.89. The van der Waals surface area contributed by atoms with Crippen LogP contribution in [0.3, 0.4) is 0 Å². The Labute approximate surface area is 120 Å². The Balaban J connectivity index is 0.00000180. The second-order valence-electron chi connectivity index (χ2n) is 4.45. The van der Waals surface area contributed by atoms with Crippen LogP contribution >= 0.6 is 12.4 Å². The van der Waals surface area contributed by atoms with Gasteiger partial charge in [-0.3, -0.25) is 9.36 Å². The third kappa shape index (κ3) is 3.99. The highest BCUT2D eigenvalue weighted by molar-refractivity contribution is 5.85. The van der Waals surface area contributed by atoms with Crippen LogP contribution in [-0.4, -0.2) is 19.6 Å². The first kappa shape index (κ1) is 15.6. The van der Waals surface area contributed by atoms with E-state index in [9.17, 15) is 0 Å². The average Bonchev–Trinajstić information content (AvgIpc) is 2.94. The van der Waals surface area contributed by atoms with Crippen LogP contribution in [0.2, 0.25) is 0 Å². The van der Waals surface area contributed by atoms with Crippen LogP contribution in [-0.2, 0) is 19.6 Å². The molecule has 1 N–H and O–H groups in total. The Kier molecular flexibility index (Phi) is 5.89. The van der Waals surface area contributed by atoms with Crippen LogP contribution in [0.4, 0.5) is 5.69 Å². The number of halogens is 1. The number of hydrogen-bond acceptors (Lipinski definition) is 3. The summed E-state index contributed by atoms with van der Waals surface area (Å²) in [5.41, 5.74) is 3.35. The van der Waals surface area contributed by atoms with Crippen molar-refractivity contribution >= 4 is 18.1 Å². The summed E-state index contributed by atoms with van der Waals surface area (Å²) in [6, 6.07) is 0. The number of nitrogens with one attached hydrogen (secondary N) is 1. The third-order valence-electron chi connectivity index (χ3n) is 2.89. The molecule has 6 heteroatoms. The molecular weight excluding hydrogens is 262 g/mol. The van der Waals surface area contributed by atoms with E-state index in [-0.39, 0.29) is 12.4 Å². The molecule has 0 radical (unpaired) electrons. The normalized spacial score (nSPS) is 10.3. The summed E-state index contributed by atoms with van der Waals surface area (Å²) in [6.45, 7) is 8.94. The van der Waals surface area contributed by atoms with E-state index in [1.165, 1.54) is 5.56 Å². The quantitative estimate of drug-likeness (QED) is 0.887. The summed E-state index contributed by atoms with van der Waals surface area (Å²) in [7, 11) is 0. The number of rotatable bonds is 6. The van der Waals surface area contributed by atoms with Gasteiger partial charge >= 0.3 is 0 Å². The number of aryl methyl sites for hydroxylation is 3. The SMILES string of the molecule is CCCn1cc(NCc2cnn(CC)c2)c(C)n1.Cl. The van der Waals surface area contributed by atoms with Gasteiger partial charge in [-0.15, -0.1) is 12.4 Å². The molecule has 2 rings (SSSR count). The Hall–Kier alpha value is -1.49. The molecule has 0 spiro atoms. The van der Waals surface area contributed by atoms with Gasteiger partial charge in [0.1, 0.15) is 0 Å². The first-order valence-corrected chi connectivity index (χ1v) is 6.52. The number of anilines is 1. The Bertz CT molecular complexity index is 503. The molecule has 0 aliphatic rings. The van der Waals surface area contributed by atoms with E-state index >= 15 is 0 Å². The minimum Gasteiger partial charge on any atom is -0.378 e. The smallest absolute Gasteiger partial charge is 0.0825 e. The Morgan fingerprint density at radius 3 is 2.63 bits per heavy atom. The van der Waals surface area contributed by atoms with Crippen molar-refractivity contribution in [3.8, 4) is 0 Å². The van der Waals surface area contributed by atoms with Crippen LogP contribution in [0.15, 0.2) is 18.6 Å². The zero-order valence-electron chi connectivity index (χ0n) is 11.8. The zero-order chi connectivity index (χ0) is 13.0. The Morgan fingerprint density at radius 2 is 2.00 bits per heavy atom. The molecule has 5 nitrogen and oxygen atoms in total. The lowest BCUT2D eigenvalue weighted by Gasteiger charge is -2.01. The molecule has 0 unspecified atom stereocenters. The minimum atomic E-state index is 0. The van der Waals surface area contributed by atoms with E-state index in [0.717, 1.165) is 37.4 Å². The van der Waals surface area contributed by atoms with E-state index in [1.54, 1.807) is 0 Å². The highest BCUT2D eigenvalue weighted by atomic mass is 35.5. The summed E-state index contributed by atoms with van der Waals surface area (Å²) in [6.07, 6.45) is 7.15. The molecule has 0 saturated heterocycles. The zero-order valence-corrected chi connectivity index (χ0v) is 12.6. The molecule has 0 aromatic carbocycles. The molecule has 0 amide bonds. The van der Waals surface area contributed by atoms with Gasteiger partial charge in [0, 0.05) is 37.6 Å². The van der Waals surface area contributed by atoms with Crippen molar-refractivity contribution in [1.29, 1.82) is 0 Å². The molecule has 106 valence electrons. The Morgan fingerprint density at radius 1 is 1.21 bits per heavy atom. The second-order valence-corrected chi connectivity index (χ2v) is 4.45. The molecule has 2 aromatic rings. The molecule has 0 aliphatic heterocycles. The number of hydrogen-bond donors (Lipinski definition) is 1. The first-order valence-electron chi connectivity index (χ1n) is 6.52. The maximum atomic E-state index is 4.47. The molecule has 19 heavy (non-hydrogen) atoms. The number of aromatic nitrogens is 4. The van der Waals surface area contributed by atoms with Gasteiger partial charge in [0.15, 0.2) is 0 Å². The molecule has 0 aliphatic carbocycles. The topological polar surface area (TPSA) is 47.7 Å². The van der Waals surface area contributed by atoms with Crippen molar-refractivity contribution in [2.24, 2.45) is 0 Å². The van der Waals surface area contributed by atoms with Crippen LogP contribution in [0.5, 0.6) is 0 Å². The van der Waals surface area contributed by atoms with Crippen molar-refractivity contribution in [3.63, 3.8) is 0 Å². The van der Waals surface area contributed by atoms with E-state index in [2.05, 4.69) is 41.8 Å². The van der Waals surface area contributed by atoms with Crippen LogP contribution in [0.25, 0.3) is 0 Å². The summed E-state index contributed by atoms with van der Waals surface area (Å²) in [5.74, 6) is 0. The molecule has 2 heterocycles. The maximum Gasteiger partial charge on any atom is 0.0825 e. The van der Waals surface area contributed by atoms with E-state index in [1.807, 2.05) is 22.5 Å². The monoisotopic (exact) mass is 283 g/mol. The van der Waals surface area contributed by atoms with Gasteiger partial charge in [0.05, 0.1) is 17.6 Å². The van der Waals surface area contributed by atoms with Gasteiger partial charge in [0.2, 0.25) is 0 Å². The van der Waals surface area contributed by atoms with E-state index < -0.39 is 0 Å². The number of nitrogens with zero attached hydrogens (tertiary/aromatic N) is 4. The second kappa shape index (κ2) is 7.19. The lowest BCUT2D eigenvalue weighted by Crippen LogP contribution is -1.99. The van der Waals surface area contributed by atoms with Crippen molar-refractivity contribution in [1.82, 2.24) is 19.6 Å². The fourth-order valence-corrected chi connectivity index (χ4v) is 1.90. The molecular formula is C13H22ClN5. The van der Waals surface area contributed by atoms with Gasteiger partial charge < -0.3 is 5.32 Å². The molecule has 0 bridgehead atoms. The first-order chi connectivity index (χ1) is 8.72. The fourth-order valence-electron chi connectivity index (χ4n) is 1.90. The largest absolute Gasteiger partial charge is 0.378 e. The summed E-state index contributed by atoms with van der Waals surface area (Å²) in [5, 5.41) is 12.1. The predicted molar refractivity (Wildman–Crippen MR) is 79.7 cm³/mol. The van der Waals surface area contributed by atoms with Gasteiger partial charge in [-0.25, -0.2) is 0 Å². The molecule has 0 saturated carbocycles. The van der Waals surface area contributed by atoms with Crippen molar-refractivity contribution in [2.75, 3.05) is 5.32 Å². The van der Waals surface area contributed by atoms with Crippen LogP contribution < -0.4 is 5.32 Å². The summed E-state index contributed by atoms with van der Waals surface area (Å²) in [4.78, 5) is 0. The lowest BCUT2D eigenvalue weighted by molar-refractivity contribution is 0.598. The predicted octanol–water partition coefficient (Wildman–Crippen LogP) is 2.85.